The largest absolute Gasteiger partial charge is 0.256 e. The van der Waals surface area contributed by atoms with Gasteiger partial charge in [0.2, 0.25) is 0 Å². The maximum atomic E-state index is 8.19. The third-order valence-corrected chi connectivity index (χ3v) is 2.67. The molecule has 0 radical (unpaired) electrons. The highest BCUT2D eigenvalue weighted by Gasteiger charge is 2.04. The molecule has 82 valence electrons. The number of benzene rings is 1. The lowest BCUT2D eigenvalue weighted by Crippen LogP contribution is -1.91. The van der Waals surface area contributed by atoms with Crippen molar-refractivity contribution >= 4 is 0 Å². The molecule has 1 heteroatoms. The highest BCUT2D eigenvalue weighted by Crippen LogP contribution is 2.23. The molecule has 0 aliphatic heterocycles. The van der Waals surface area contributed by atoms with Crippen LogP contribution in [0.4, 0.5) is 0 Å². The second kappa shape index (κ2) is 4.09. The van der Waals surface area contributed by atoms with Gasteiger partial charge >= 0.3 is 0 Å². The fourth-order valence-corrected chi connectivity index (χ4v) is 1.72. The first-order valence-electron chi connectivity index (χ1n) is 7.26. The molecule has 0 saturated heterocycles. The summed E-state index contributed by atoms with van der Waals surface area (Å²) in [7, 11) is 0. The van der Waals surface area contributed by atoms with Gasteiger partial charge in [-0.05, 0) is 50.4 Å². The first kappa shape index (κ1) is 6.85. The zero-order valence-corrected chi connectivity index (χ0v) is 9.76. The van der Waals surface area contributed by atoms with E-state index in [1.54, 1.807) is 6.92 Å². The van der Waals surface area contributed by atoms with Crippen LogP contribution in [0.15, 0.2) is 30.4 Å². The fraction of sp³-hybridized carbons (Fsp3) is 0.267. The van der Waals surface area contributed by atoms with Crippen molar-refractivity contribution in [2.75, 3.05) is 0 Å². The van der Waals surface area contributed by atoms with Crippen molar-refractivity contribution in [3.63, 3.8) is 0 Å². The summed E-state index contributed by atoms with van der Waals surface area (Å²) in [5.41, 5.74) is 4.21. The SMILES string of the molecule is [2H]c1c(-c2ccc(C)cc2C)ncc(C([2H])([2H])[2H])c1C. The van der Waals surface area contributed by atoms with Crippen LogP contribution in [0.2, 0.25) is 0 Å². The molecule has 0 fully saturated rings. The van der Waals surface area contributed by atoms with Crippen LogP contribution in [0.5, 0.6) is 0 Å². The molecule has 0 N–H and O–H groups in total. The molecule has 1 aromatic carbocycles. The van der Waals surface area contributed by atoms with Crippen molar-refractivity contribution in [1.82, 2.24) is 4.98 Å². The van der Waals surface area contributed by atoms with Gasteiger partial charge in [-0.25, -0.2) is 0 Å². The lowest BCUT2D eigenvalue weighted by molar-refractivity contribution is 1.21. The van der Waals surface area contributed by atoms with Crippen LogP contribution in [0.25, 0.3) is 11.3 Å². The lowest BCUT2D eigenvalue weighted by atomic mass is 10.0. The van der Waals surface area contributed by atoms with Gasteiger partial charge in [0, 0.05) is 15.9 Å². The highest BCUT2D eigenvalue weighted by atomic mass is 14.7. The van der Waals surface area contributed by atoms with Gasteiger partial charge in [0.25, 0.3) is 0 Å². The van der Waals surface area contributed by atoms with E-state index < -0.39 is 6.85 Å². The normalized spacial score (nSPS) is 14.9. The third kappa shape index (κ3) is 1.99. The van der Waals surface area contributed by atoms with Crippen LogP contribution in [-0.2, 0) is 0 Å². The second-order valence-electron chi connectivity index (χ2n) is 4.09. The molecule has 0 atom stereocenters. The summed E-state index contributed by atoms with van der Waals surface area (Å²) >= 11 is 0. The maximum absolute atomic E-state index is 8.19. The van der Waals surface area contributed by atoms with Gasteiger partial charge in [0.1, 0.15) is 0 Å². The highest BCUT2D eigenvalue weighted by molar-refractivity contribution is 5.64. The zero-order chi connectivity index (χ0) is 15.1. The predicted molar refractivity (Wildman–Crippen MR) is 68.6 cm³/mol. The van der Waals surface area contributed by atoms with E-state index in [0.717, 1.165) is 16.7 Å². The molecule has 0 unspecified atom stereocenters. The Morgan fingerprint density at radius 2 is 1.94 bits per heavy atom. The topological polar surface area (TPSA) is 12.9 Å². The summed E-state index contributed by atoms with van der Waals surface area (Å²) < 4.78 is 30.6. The van der Waals surface area contributed by atoms with Gasteiger partial charge in [0.15, 0.2) is 0 Å². The van der Waals surface area contributed by atoms with Crippen LogP contribution in [0.1, 0.15) is 27.7 Å². The molecule has 2 aromatic rings. The number of hydrogen-bond acceptors (Lipinski definition) is 1. The summed E-state index contributed by atoms with van der Waals surface area (Å²) in [6.07, 6.45) is 1.37. The molecule has 1 nitrogen and oxygen atoms in total. The molecule has 2 rings (SSSR count). The Kier molecular flexibility index (Phi) is 1.75. The second-order valence-corrected chi connectivity index (χ2v) is 4.09. The summed E-state index contributed by atoms with van der Waals surface area (Å²) in [5.74, 6) is 0. The number of nitrogens with zero attached hydrogens (tertiary/aromatic N) is 1. The average Bonchev–Trinajstić information content (AvgIpc) is 2.32. The van der Waals surface area contributed by atoms with Gasteiger partial charge in [-0.1, -0.05) is 23.8 Å². The van der Waals surface area contributed by atoms with Gasteiger partial charge in [0.05, 0.1) is 7.06 Å². The Hall–Kier alpha value is -1.63. The predicted octanol–water partition coefficient (Wildman–Crippen LogP) is 3.98. The van der Waals surface area contributed by atoms with Crippen LogP contribution in [-0.4, -0.2) is 4.98 Å². The molecule has 1 aromatic heterocycles. The summed E-state index contributed by atoms with van der Waals surface area (Å²) in [4.78, 5) is 4.22. The Bertz CT molecular complexity index is 660. The minimum Gasteiger partial charge on any atom is -0.256 e. The monoisotopic (exact) mass is 215 g/mol. The molecule has 16 heavy (non-hydrogen) atoms. The van der Waals surface area contributed by atoms with E-state index >= 15 is 0 Å². The Morgan fingerprint density at radius 1 is 1.12 bits per heavy atom. The summed E-state index contributed by atoms with van der Waals surface area (Å²) in [6.45, 7) is 3.41. The maximum Gasteiger partial charge on any atom is 0.0707 e. The van der Waals surface area contributed by atoms with Crippen molar-refractivity contribution in [2.45, 2.75) is 27.6 Å². The number of aryl methyl sites for hydroxylation is 3. The number of rotatable bonds is 1. The van der Waals surface area contributed by atoms with Crippen molar-refractivity contribution in [3.8, 4) is 11.3 Å². The smallest absolute Gasteiger partial charge is 0.0707 e. The van der Waals surface area contributed by atoms with E-state index in [9.17, 15) is 0 Å². The van der Waals surface area contributed by atoms with E-state index in [-0.39, 0.29) is 11.6 Å². The molecule has 0 aliphatic carbocycles. The fourth-order valence-electron chi connectivity index (χ4n) is 1.72. The minimum atomic E-state index is -2.23. The van der Waals surface area contributed by atoms with Gasteiger partial charge < -0.3 is 0 Å². The van der Waals surface area contributed by atoms with Crippen molar-refractivity contribution in [2.24, 2.45) is 0 Å². The molecule has 0 amide bonds. The van der Waals surface area contributed by atoms with E-state index in [2.05, 4.69) is 4.98 Å². The van der Waals surface area contributed by atoms with E-state index in [4.69, 9.17) is 5.48 Å². The molecule has 0 spiro atoms. The zero-order valence-electron chi connectivity index (χ0n) is 13.8. The first-order chi connectivity index (χ1) is 9.21. The molecular formula is C15H17N. The van der Waals surface area contributed by atoms with E-state index in [1.807, 2.05) is 32.0 Å². The van der Waals surface area contributed by atoms with Crippen molar-refractivity contribution in [1.29, 1.82) is 0 Å². The van der Waals surface area contributed by atoms with Gasteiger partial charge in [-0.15, -0.1) is 0 Å². The van der Waals surface area contributed by atoms with Crippen LogP contribution < -0.4 is 0 Å². The minimum absolute atomic E-state index is 0.149. The van der Waals surface area contributed by atoms with E-state index in [0.29, 0.717) is 11.3 Å². The number of aromatic nitrogens is 1. The number of pyridine rings is 1. The van der Waals surface area contributed by atoms with Crippen molar-refractivity contribution < 1.29 is 5.48 Å². The Labute approximate surface area is 103 Å². The average molecular weight is 215 g/mol. The quantitative estimate of drug-likeness (QED) is 0.701. The molecule has 0 saturated carbocycles. The van der Waals surface area contributed by atoms with E-state index in [1.165, 1.54) is 6.20 Å². The molecule has 0 bridgehead atoms. The van der Waals surface area contributed by atoms with Gasteiger partial charge in [-0.2, -0.15) is 0 Å². The Morgan fingerprint density at radius 3 is 2.62 bits per heavy atom. The van der Waals surface area contributed by atoms with Crippen LogP contribution in [0, 0.1) is 27.6 Å². The molecule has 0 aliphatic rings. The van der Waals surface area contributed by atoms with Crippen LogP contribution in [0.3, 0.4) is 0 Å². The lowest BCUT2D eigenvalue weighted by Gasteiger charge is -2.08. The van der Waals surface area contributed by atoms with Crippen molar-refractivity contribution in [3.05, 3.63) is 52.7 Å². The molecular weight excluding hydrogens is 194 g/mol. The van der Waals surface area contributed by atoms with Gasteiger partial charge in [-0.3, -0.25) is 4.98 Å². The van der Waals surface area contributed by atoms with Crippen LogP contribution >= 0.6 is 0 Å². The number of hydrogen-bond donors (Lipinski definition) is 0. The first-order valence-corrected chi connectivity index (χ1v) is 5.26. The summed E-state index contributed by atoms with van der Waals surface area (Å²) in [6, 6.07) is 6.12. The molecule has 1 heterocycles. The Balaban J connectivity index is 2.63. The summed E-state index contributed by atoms with van der Waals surface area (Å²) in [5, 5.41) is 0. The standard InChI is InChI=1S/C15H17N/c1-10-5-6-14(12(3)7-10)15-8-11(2)13(4)9-16-15/h5-9H,1-4H3/i4D3,8D. The third-order valence-electron chi connectivity index (χ3n) is 2.67.